The lowest BCUT2D eigenvalue weighted by Gasteiger charge is -2.19. The molecule has 0 fully saturated rings. The molecule has 7 nitrogen and oxygen atoms in total. The highest BCUT2D eigenvalue weighted by molar-refractivity contribution is 5.91. The normalized spacial score (nSPS) is 10.8. The summed E-state index contributed by atoms with van der Waals surface area (Å²) >= 11 is 0. The standard InChI is InChI=1S/C24H28N4O3/c1-5-27(6-2)23(30)14-21-19-9-7-8-10-20(19)24(31)28(26-21)15-22(29)25-18-12-11-16(3)17(4)13-18/h7-13H,5-6,14-15H2,1-4H3,(H,25,29). The first-order chi connectivity index (χ1) is 14.8. The number of likely N-dealkylation sites (N-methyl/N-ethyl adjacent to an activating group) is 1. The number of fused-ring (bicyclic) bond motifs is 1. The summed E-state index contributed by atoms with van der Waals surface area (Å²) in [5.41, 5.74) is 3.00. The van der Waals surface area contributed by atoms with Crippen molar-refractivity contribution in [2.45, 2.75) is 40.7 Å². The van der Waals surface area contributed by atoms with Crippen molar-refractivity contribution in [3.05, 3.63) is 69.6 Å². The Morgan fingerprint density at radius 2 is 1.68 bits per heavy atom. The highest BCUT2D eigenvalue weighted by atomic mass is 16.2. The summed E-state index contributed by atoms with van der Waals surface area (Å²) in [5, 5.41) is 8.30. The zero-order valence-electron chi connectivity index (χ0n) is 18.4. The van der Waals surface area contributed by atoms with Gasteiger partial charge in [0.15, 0.2) is 0 Å². The summed E-state index contributed by atoms with van der Waals surface area (Å²) in [6, 6.07) is 12.7. The molecule has 0 radical (unpaired) electrons. The van der Waals surface area contributed by atoms with Crippen LogP contribution < -0.4 is 10.9 Å². The van der Waals surface area contributed by atoms with Crippen molar-refractivity contribution >= 4 is 28.3 Å². The Balaban J connectivity index is 1.92. The quantitative estimate of drug-likeness (QED) is 0.637. The van der Waals surface area contributed by atoms with Crippen molar-refractivity contribution in [2.24, 2.45) is 0 Å². The molecule has 0 aliphatic heterocycles. The number of anilines is 1. The molecule has 0 saturated heterocycles. The topological polar surface area (TPSA) is 84.3 Å². The van der Waals surface area contributed by atoms with Gasteiger partial charge in [0.2, 0.25) is 11.8 Å². The zero-order chi connectivity index (χ0) is 22.5. The van der Waals surface area contributed by atoms with Gasteiger partial charge in [-0.2, -0.15) is 5.10 Å². The van der Waals surface area contributed by atoms with Crippen LogP contribution in [-0.4, -0.2) is 39.6 Å². The fraction of sp³-hybridized carbons (Fsp3) is 0.333. The molecule has 0 unspecified atom stereocenters. The molecule has 1 aromatic heterocycles. The summed E-state index contributed by atoms with van der Waals surface area (Å²) in [5.74, 6) is -0.415. The second-order valence-electron chi connectivity index (χ2n) is 7.55. The first-order valence-electron chi connectivity index (χ1n) is 10.5. The maximum atomic E-state index is 12.9. The minimum absolute atomic E-state index is 0.0626. The van der Waals surface area contributed by atoms with Crippen LogP contribution in [0.5, 0.6) is 0 Å². The number of nitrogens with zero attached hydrogens (tertiary/aromatic N) is 3. The minimum Gasteiger partial charge on any atom is -0.343 e. The first-order valence-corrected chi connectivity index (χ1v) is 10.5. The van der Waals surface area contributed by atoms with E-state index in [0.717, 1.165) is 15.8 Å². The molecule has 0 aliphatic carbocycles. The van der Waals surface area contributed by atoms with E-state index in [-0.39, 0.29) is 30.3 Å². The fourth-order valence-electron chi connectivity index (χ4n) is 3.53. The molecule has 162 valence electrons. The molecule has 2 aromatic carbocycles. The monoisotopic (exact) mass is 420 g/mol. The largest absolute Gasteiger partial charge is 0.343 e. The van der Waals surface area contributed by atoms with E-state index in [2.05, 4.69) is 10.4 Å². The molecule has 1 heterocycles. The average molecular weight is 421 g/mol. The SMILES string of the molecule is CCN(CC)C(=O)Cc1nn(CC(=O)Nc2ccc(C)c(C)c2)c(=O)c2ccccc12. The van der Waals surface area contributed by atoms with Gasteiger partial charge in [-0.1, -0.05) is 24.3 Å². The van der Waals surface area contributed by atoms with Crippen LogP contribution in [0.25, 0.3) is 10.8 Å². The second-order valence-corrected chi connectivity index (χ2v) is 7.55. The lowest BCUT2D eigenvalue weighted by atomic mass is 10.1. The Hall–Kier alpha value is -3.48. The van der Waals surface area contributed by atoms with Gasteiger partial charge in [-0.3, -0.25) is 14.4 Å². The number of aryl methyl sites for hydroxylation is 2. The number of carbonyl (C=O) groups is 2. The van der Waals surface area contributed by atoms with E-state index in [1.54, 1.807) is 23.1 Å². The summed E-state index contributed by atoms with van der Waals surface area (Å²) in [6.07, 6.45) is 0.0707. The molecule has 0 bridgehead atoms. The third kappa shape index (κ3) is 4.99. The van der Waals surface area contributed by atoms with Crippen molar-refractivity contribution in [2.75, 3.05) is 18.4 Å². The van der Waals surface area contributed by atoms with Crippen LogP contribution in [0.15, 0.2) is 47.3 Å². The van der Waals surface area contributed by atoms with Crippen LogP contribution in [0.2, 0.25) is 0 Å². The van der Waals surface area contributed by atoms with E-state index in [4.69, 9.17) is 0 Å². The number of amides is 2. The van der Waals surface area contributed by atoms with Crippen LogP contribution in [0.4, 0.5) is 5.69 Å². The molecule has 0 aliphatic rings. The minimum atomic E-state index is -0.357. The molecule has 3 aromatic rings. The summed E-state index contributed by atoms with van der Waals surface area (Å²) in [6.45, 7) is 8.79. The maximum Gasteiger partial charge on any atom is 0.275 e. The first kappa shape index (κ1) is 22.2. The highest BCUT2D eigenvalue weighted by Gasteiger charge is 2.17. The van der Waals surface area contributed by atoms with Crippen molar-refractivity contribution in [3.8, 4) is 0 Å². The van der Waals surface area contributed by atoms with E-state index in [9.17, 15) is 14.4 Å². The summed E-state index contributed by atoms with van der Waals surface area (Å²) in [4.78, 5) is 39.9. The van der Waals surface area contributed by atoms with Gasteiger partial charge in [0.1, 0.15) is 6.54 Å². The van der Waals surface area contributed by atoms with Crippen LogP contribution in [-0.2, 0) is 22.6 Å². The van der Waals surface area contributed by atoms with E-state index < -0.39 is 0 Å². The van der Waals surface area contributed by atoms with E-state index >= 15 is 0 Å². The molecule has 0 spiro atoms. The lowest BCUT2D eigenvalue weighted by Crippen LogP contribution is -2.34. The maximum absolute atomic E-state index is 12.9. The Morgan fingerprint density at radius 1 is 1.00 bits per heavy atom. The molecule has 7 heteroatoms. The van der Waals surface area contributed by atoms with Crippen molar-refractivity contribution in [1.29, 1.82) is 0 Å². The van der Waals surface area contributed by atoms with Gasteiger partial charge in [-0.25, -0.2) is 4.68 Å². The number of nitrogens with one attached hydrogen (secondary N) is 1. The lowest BCUT2D eigenvalue weighted by molar-refractivity contribution is -0.130. The van der Waals surface area contributed by atoms with Crippen molar-refractivity contribution < 1.29 is 9.59 Å². The van der Waals surface area contributed by atoms with Gasteiger partial charge in [-0.15, -0.1) is 0 Å². The van der Waals surface area contributed by atoms with Crippen LogP contribution in [0, 0.1) is 13.8 Å². The van der Waals surface area contributed by atoms with E-state index in [1.165, 1.54) is 0 Å². The van der Waals surface area contributed by atoms with Gasteiger partial charge >= 0.3 is 0 Å². The summed E-state index contributed by atoms with van der Waals surface area (Å²) in [7, 11) is 0. The molecule has 0 saturated carbocycles. The van der Waals surface area contributed by atoms with Crippen molar-refractivity contribution in [1.82, 2.24) is 14.7 Å². The highest BCUT2D eigenvalue weighted by Crippen LogP contribution is 2.16. The van der Waals surface area contributed by atoms with Gasteiger partial charge in [0.05, 0.1) is 17.5 Å². The van der Waals surface area contributed by atoms with Gasteiger partial charge < -0.3 is 10.2 Å². The molecular formula is C24H28N4O3. The molecule has 31 heavy (non-hydrogen) atoms. The third-order valence-electron chi connectivity index (χ3n) is 5.46. The molecule has 2 amide bonds. The zero-order valence-corrected chi connectivity index (χ0v) is 18.4. The number of rotatable bonds is 7. The second kappa shape index (κ2) is 9.55. The van der Waals surface area contributed by atoms with Crippen molar-refractivity contribution in [3.63, 3.8) is 0 Å². The van der Waals surface area contributed by atoms with Crippen LogP contribution in [0.1, 0.15) is 30.7 Å². The Kier molecular flexibility index (Phi) is 6.84. The number of hydrogen-bond acceptors (Lipinski definition) is 4. The van der Waals surface area contributed by atoms with Crippen LogP contribution in [0.3, 0.4) is 0 Å². The predicted molar refractivity (Wildman–Crippen MR) is 122 cm³/mol. The molecule has 1 N–H and O–H groups in total. The Bertz CT molecular complexity index is 1180. The van der Waals surface area contributed by atoms with Crippen LogP contribution >= 0.6 is 0 Å². The Morgan fingerprint density at radius 3 is 2.32 bits per heavy atom. The Labute approximate surface area is 181 Å². The van der Waals surface area contributed by atoms with E-state index in [1.807, 2.05) is 52.0 Å². The smallest absolute Gasteiger partial charge is 0.275 e. The number of aromatic nitrogens is 2. The predicted octanol–water partition coefficient (Wildman–Crippen LogP) is 3.06. The molecular weight excluding hydrogens is 392 g/mol. The number of carbonyl (C=O) groups excluding carboxylic acids is 2. The summed E-state index contributed by atoms with van der Waals surface area (Å²) < 4.78 is 1.14. The third-order valence-corrected chi connectivity index (χ3v) is 5.46. The van der Waals surface area contributed by atoms with Gasteiger partial charge in [0, 0.05) is 24.2 Å². The van der Waals surface area contributed by atoms with Gasteiger partial charge in [-0.05, 0) is 57.0 Å². The fourth-order valence-corrected chi connectivity index (χ4v) is 3.53. The average Bonchev–Trinajstić information content (AvgIpc) is 2.75. The number of hydrogen-bond donors (Lipinski definition) is 1. The molecule has 3 rings (SSSR count). The van der Waals surface area contributed by atoms with Gasteiger partial charge in [0.25, 0.3) is 5.56 Å². The number of benzene rings is 2. The molecule has 0 atom stereocenters. The van der Waals surface area contributed by atoms with E-state index in [0.29, 0.717) is 35.2 Å².